The molecule has 6 heteroatoms. The summed E-state index contributed by atoms with van der Waals surface area (Å²) in [5, 5.41) is 9.71. The van der Waals surface area contributed by atoms with Gasteiger partial charge in [0.05, 0.1) is 21.3 Å². The Labute approximate surface area is 125 Å². The summed E-state index contributed by atoms with van der Waals surface area (Å²) in [4.78, 5) is 11.9. The van der Waals surface area contributed by atoms with E-state index in [4.69, 9.17) is 33.7 Å². The number of halogens is 2. The third-order valence-electron chi connectivity index (χ3n) is 2.57. The van der Waals surface area contributed by atoms with E-state index >= 15 is 0 Å². The van der Waals surface area contributed by atoms with Gasteiger partial charge in [-0.15, -0.1) is 0 Å². The first-order valence-corrected chi connectivity index (χ1v) is 6.42. The van der Waals surface area contributed by atoms with Crippen molar-refractivity contribution in [1.29, 1.82) is 0 Å². The predicted octanol–water partition coefficient (Wildman–Crippen LogP) is 3.64. The van der Waals surface area contributed by atoms with Gasteiger partial charge < -0.3 is 15.6 Å². The predicted molar refractivity (Wildman–Crippen MR) is 78.1 cm³/mol. The Bertz CT molecular complexity index is 636. The average Bonchev–Trinajstić information content (AvgIpc) is 2.41. The van der Waals surface area contributed by atoms with Crippen LogP contribution >= 0.6 is 23.2 Å². The number of nitrogens with two attached hydrogens (primary N) is 1. The highest BCUT2D eigenvalue weighted by molar-refractivity contribution is 6.43. The maximum atomic E-state index is 11.9. The van der Waals surface area contributed by atoms with Crippen LogP contribution in [0.1, 0.15) is 15.9 Å². The molecule has 2 rings (SSSR count). The van der Waals surface area contributed by atoms with Gasteiger partial charge in [-0.2, -0.15) is 0 Å². The topological polar surface area (TPSA) is 72.6 Å². The van der Waals surface area contributed by atoms with Gasteiger partial charge in [0.1, 0.15) is 12.4 Å². The third-order valence-corrected chi connectivity index (χ3v) is 3.39. The highest BCUT2D eigenvalue weighted by Crippen LogP contribution is 2.29. The number of phenols is 1. The van der Waals surface area contributed by atoms with Crippen molar-refractivity contribution in [2.75, 3.05) is 5.73 Å². The molecule has 0 heterocycles. The smallest absolute Gasteiger partial charge is 0.338 e. The summed E-state index contributed by atoms with van der Waals surface area (Å²) in [6, 6.07) is 9.23. The van der Waals surface area contributed by atoms with Crippen LogP contribution < -0.4 is 5.73 Å². The first-order valence-electron chi connectivity index (χ1n) is 5.67. The molecule has 4 nitrogen and oxygen atoms in total. The highest BCUT2D eigenvalue weighted by atomic mass is 35.5. The summed E-state index contributed by atoms with van der Waals surface area (Å²) in [7, 11) is 0. The second-order valence-electron chi connectivity index (χ2n) is 4.11. The van der Waals surface area contributed by atoms with Crippen molar-refractivity contribution in [1.82, 2.24) is 0 Å². The van der Waals surface area contributed by atoms with Gasteiger partial charge in [-0.05, 0) is 29.8 Å². The number of anilines is 1. The molecule has 2 aromatic rings. The van der Waals surface area contributed by atoms with Crippen LogP contribution in [0.5, 0.6) is 5.75 Å². The van der Waals surface area contributed by atoms with E-state index in [-0.39, 0.29) is 33.7 Å². The summed E-state index contributed by atoms with van der Waals surface area (Å²) in [6.45, 7) is 0.0351. The van der Waals surface area contributed by atoms with Gasteiger partial charge >= 0.3 is 5.97 Å². The number of benzene rings is 2. The number of nitrogen functional groups attached to an aromatic ring is 1. The van der Waals surface area contributed by atoms with Crippen molar-refractivity contribution < 1.29 is 14.6 Å². The van der Waals surface area contributed by atoms with E-state index in [1.165, 1.54) is 24.3 Å². The van der Waals surface area contributed by atoms with Gasteiger partial charge in [0.15, 0.2) is 0 Å². The molecule has 0 saturated heterocycles. The van der Waals surface area contributed by atoms with E-state index in [0.717, 1.165) is 0 Å². The van der Waals surface area contributed by atoms with Crippen LogP contribution in [-0.2, 0) is 11.3 Å². The number of ether oxygens (including phenoxy) is 1. The molecule has 0 aromatic heterocycles. The van der Waals surface area contributed by atoms with Crippen molar-refractivity contribution in [2.45, 2.75) is 6.61 Å². The zero-order chi connectivity index (χ0) is 14.7. The number of aromatic hydroxyl groups is 1. The molecule has 0 fully saturated rings. The van der Waals surface area contributed by atoms with E-state index in [1.54, 1.807) is 12.1 Å². The van der Waals surface area contributed by atoms with Crippen LogP contribution in [0.2, 0.25) is 10.0 Å². The van der Waals surface area contributed by atoms with Gasteiger partial charge in [-0.1, -0.05) is 35.3 Å². The summed E-state index contributed by atoms with van der Waals surface area (Å²) < 4.78 is 5.11. The molecule has 0 aliphatic rings. The Morgan fingerprint density at radius 1 is 1.25 bits per heavy atom. The lowest BCUT2D eigenvalue weighted by atomic mass is 10.2. The first kappa shape index (κ1) is 14.5. The fraction of sp³-hybridized carbons (Fsp3) is 0.0714. The lowest BCUT2D eigenvalue weighted by Gasteiger charge is -2.07. The second kappa shape index (κ2) is 6.03. The van der Waals surface area contributed by atoms with Crippen LogP contribution in [0.15, 0.2) is 36.4 Å². The number of hydrogen-bond acceptors (Lipinski definition) is 4. The molecular weight excluding hydrogens is 301 g/mol. The standard InChI is InChI=1S/C14H11Cl2NO3/c15-11-5-9(6-12(17)13(11)16)14(19)20-7-8-2-1-3-10(18)4-8/h1-6,18H,7,17H2. The SMILES string of the molecule is Nc1cc(C(=O)OCc2cccc(O)c2)cc(Cl)c1Cl. The molecule has 0 saturated carbocycles. The van der Waals surface area contributed by atoms with Gasteiger partial charge in [-0.25, -0.2) is 4.79 Å². The largest absolute Gasteiger partial charge is 0.508 e. The number of esters is 1. The van der Waals surface area contributed by atoms with Gasteiger partial charge in [0.25, 0.3) is 0 Å². The minimum atomic E-state index is -0.571. The van der Waals surface area contributed by atoms with Crippen molar-refractivity contribution in [2.24, 2.45) is 0 Å². The fourth-order valence-electron chi connectivity index (χ4n) is 1.61. The average molecular weight is 312 g/mol. The molecule has 0 amide bonds. The molecular formula is C14H11Cl2NO3. The molecule has 0 bridgehead atoms. The summed E-state index contributed by atoms with van der Waals surface area (Å²) in [6.07, 6.45) is 0. The minimum Gasteiger partial charge on any atom is -0.508 e. The Morgan fingerprint density at radius 2 is 2.00 bits per heavy atom. The second-order valence-corrected chi connectivity index (χ2v) is 4.89. The molecule has 0 aliphatic heterocycles. The summed E-state index contributed by atoms with van der Waals surface area (Å²) >= 11 is 11.7. The van der Waals surface area contributed by atoms with E-state index in [0.29, 0.717) is 5.56 Å². The zero-order valence-electron chi connectivity index (χ0n) is 10.3. The number of hydrogen-bond donors (Lipinski definition) is 2. The van der Waals surface area contributed by atoms with E-state index in [1.807, 2.05) is 0 Å². The number of carbonyl (C=O) groups excluding carboxylic acids is 1. The van der Waals surface area contributed by atoms with Crippen molar-refractivity contribution in [3.8, 4) is 5.75 Å². The quantitative estimate of drug-likeness (QED) is 0.670. The first-order chi connectivity index (χ1) is 9.47. The number of phenolic OH excluding ortho intramolecular Hbond substituents is 1. The van der Waals surface area contributed by atoms with Crippen molar-refractivity contribution in [3.63, 3.8) is 0 Å². The molecule has 0 atom stereocenters. The van der Waals surface area contributed by atoms with Gasteiger partial charge in [0.2, 0.25) is 0 Å². The Kier molecular flexibility index (Phi) is 4.37. The monoisotopic (exact) mass is 311 g/mol. The maximum absolute atomic E-state index is 11.9. The normalized spacial score (nSPS) is 10.3. The molecule has 0 aliphatic carbocycles. The maximum Gasteiger partial charge on any atom is 0.338 e. The molecule has 104 valence electrons. The fourth-order valence-corrected chi connectivity index (χ4v) is 1.94. The van der Waals surface area contributed by atoms with Crippen LogP contribution in [0.3, 0.4) is 0 Å². The molecule has 3 N–H and O–H groups in total. The van der Waals surface area contributed by atoms with E-state index in [2.05, 4.69) is 0 Å². The lowest BCUT2D eigenvalue weighted by Crippen LogP contribution is -2.06. The third kappa shape index (κ3) is 3.35. The Balaban J connectivity index is 2.09. The zero-order valence-corrected chi connectivity index (χ0v) is 11.8. The van der Waals surface area contributed by atoms with Crippen molar-refractivity contribution in [3.05, 3.63) is 57.6 Å². The Hall–Kier alpha value is -1.91. The highest BCUT2D eigenvalue weighted by Gasteiger charge is 2.12. The minimum absolute atomic E-state index is 0.0351. The van der Waals surface area contributed by atoms with Crippen LogP contribution in [0.4, 0.5) is 5.69 Å². The van der Waals surface area contributed by atoms with E-state index < -0.39 is 5.97 Å². The van der Waals surface area contributed by atoms with E-state index in [9.17, 15) is 9.90 Å². The van der Waals surface area contributed by atoms with Crippen molar-refractivity contribution >= 4 is 34.9 Å². The summed E-state index contributed by atoms with van der Waals surface area (Å²) in [5.74, 6) is -0.462. The Morgan fingerprint density at radius 3 is 2.65 bits per heavy atom. The summed E-state index contributed by atoms with van der Waals surface area (Å²) in [5.41, 5.74) is 6.73. The molecule has 0 unspecified atom stereocenters. The van der Waals surface area contributed by atoms with Gasteiger partial charge in [-0.3, -0.25) is 0 Å². The molecule has 20 heavy (non-hydrogen) atoms. The molecule has 2 aromatic carbocycles. The lowest BCUT2D eigenvalue weighted by molar-refractivity contribution is 0.0472. The van der Waals surface area contributed by atoms with Crippen LogP contribution in [0, 0.1) is 0 Å². The number of rotatable bonds is 3. The van der Waals surface area contributed by atoms with Crippen LogP contribution in [-0.4, -0.2) is 11.1 Å². The molecule has 0 spiro atoms. The van der Waals surface area contributed by atoms with Gasteiger partial charge in [0, 0.05) is 0 Å². The molecule has 0 radical (unpaired) electrons. The number of carbonyl (C=O) groups is 1. The van der Waals surface area contributed by atoms with Crippen LogP contribution in [0.25, 0.3) is 0 Å².